The number of benzene rings is 2. The average Bonchev–Trinajstić information content (AvgIpc) is 2.65. The number of sulfone groups is 1. The van der Waals surface area contributed by atoms with Gasteiger partial charge in [0.2, 0.25) is 0 Å². The number of aryl methyl sites for hydroxylation is 1. The molecule has 0 saturated heterocycles. The van der Waals surface area contributed by atoms with Gasteiger partial charge in [0.25, 0.3) is 5.91 Å². The number of carbonyl (C=O) groups is 2. The maximum atomic E-state index is 12.2. The first-order valence-electron chi connectivity index (χ1n) is 8.19. The minimum atomic E-state index is -3.57. The number of nitrogens with one attached hydrogen (secondary N) is 1. The van der Waals surface area contributed by atoms with Gasteiger partial charge in [-0.25, -0.2) is 8.42 Å². The number of carbonyl (C=O) groups excluding carboxylic acids is 2. The first-order valence-corrected chi connectivity index (χ1v) is 11.1. The topological polar surface area (TPSA) is 89.5 Å². The SMILES string of the molecule is CSc1cccc(NC(=O)COC(=O)CCS(=O)(=O)c2ccc(C)cc2)c1. The second-order valence-corrected chi connectivity index (χ2v) is 8.81. The maximum Gasteiger partial charge on any atom is 0.307 e. The Morgan fingerprint density at radius 1 is 1.11 bits per heavy atom. The number of amides is 1. The van der Waals surface area contributed by atoms with E-state index in [1.165, 1.54) is 12.1 Å². The summed E-state index contributed by atoms with van der Waals surface area (Å²) in [5.41, 5.74) is 1.55. The van der Waals surface area contributed by atoms with Crippen LogP contribution >= 0.6 is 11.8 Å². The number of ether oxygens (including phenoxy) is 1. The zero-order valence-corrected chi connectivity index (χ0v) is 16.7. The molecule has 0 bridgehead atoms. The molecule has 0 fully saturated rings. The normalized spacial score (nSPS) is 11.0. The molecular formula is C19H21NO5S2. The van der Waals surface area contributed by atoms with Crippen molar-refractivity contribution < 1.29 is 22.7 Å². The Balaban J connectivity index is 1.80. The highest BCUT2D eigenvalue weighted by atomic mass is 32.2. The zero-order chi connectivity index (χ0) is 19.9. The Kier molecular flexibility index (Phi) is 7.44. The summed E-state index contributed by atoms with van der Waals surface area (Å²) in [5, 5.41) is 2.63. The summed E-state index contributed by atoms with van der Waals surface area (Å²) >= 11 is 1.54. The Bertz CT molecular complexity index is 908. The van der Waals surface area contributed by atoms with Crippen LogP contribution in [0.2, 0.25) is 0 Å². The predicted molar refractivity (Wildman–Crippen MR) is 106 cm³/mol. The Morgan fingerprint density at radius 3 is 2.48 bits per heavy atom. The number of hydrogen-bond acceptors (Lipinski definition) is 6. The lowest BCUT2D eigenvalue weighted by atomic mass is 10.2. The van der Waals surface area contributed by atoms with E-state index in [-0.39, 0.29) is 17.1 Å². The molecule has 0 radical (unpaired) electrons. The molecule has 2 aromatic carbocycles. The highest BCUT2D eigenvalue weighted by Crippen LogP contribution is 2.19. The van der Waals surface area contributed by atoms with Crippen LogP contribution in [-0.4, -0.2) is 38.9 Å². The van der Waals surface area contributed by atoms with E-state index >= 15 is 0 Å². The van der Waals surface area contributed by atoms with Gasteiger partial charge in [-0.15, -0.1) is 11.8 Å². The predicted octanol–water partition coefficient (Wildman–Crippen LogP) is 3.06. The van der Waals surface area contributed by atoms with Gasteiger partial charge in [0.1, 0.15) is 0 Å². The van der Waals surface area contributed by atoms with E-state index in [9.17, 15) is 18.0 Å². The van der Waals surface area contributed by atoms with E-state index in [1.54, 1.807) is 36.0 Å². The van der Waals surface area contributed by atoms with Gasteiger partial charge in [-0.3, -0.25) is 9.59 Å². The van der Waals surface area contributed by atoms with Crippen molar-refractivity contribution in [1.29, 1.82) is 0 Å². The molecule has 0 atom stereocenters. The zero-order valence-electron chi connectivity index (χ0n) is 15.1. The van der Waals surface area contributed by atoms with E-state index in [4.69, 9.17) is 4.74 Å². The molecule has 0 aliphatic rings. The summed E-state index contributed by atoms with van der Waals surface area (Å²) in [5.74, 6) is -1.59. The summed E-state index contributed by atoms with van der Waals surface area (Å²) < 4.78 is 29.3. The highest BCUT2D eigenvalue weighted by molar-refractivity contribution is 7.98. The Labute approximate surface area is 163 Å². The fraction of sp³-hybridized carbons (Fsp3) is 0.263. The van der Waals surface area contributed by atoms with Crippen molar-refractivity contribution in [1.82, 2.24) is 0 Å². The van der Waals surface area contributed by atoms with Gasteiger partial charge in [0.15, 0.2) is 16.4 Å². The monoisotopic (exact) mass is 407 g/mol. The van der Waals surface area contributed by atoms with Gasteiger partial charge < -0.3 is 10.1 Å². The molecule has 0 aromatic heterocycles. The van der Waals surface area contributed by atoms with Crippen molar-refractivity contribution in [3.05, 3.63) is 54.1 Å². The number of hydrogen-bond donors (Lipinski definition) is 1. The summed E-state index contributed by atoms with van der Waals surface area (Å²) in [6, 6.07) is 13.7. The minimum absolute atomic E-state index is 0.160. The molecule has 0 saturated carbocycles. The van der Waals surface area contributed by atoms with Gasteiger partial charge in [-0.1, -0.05) is 23.8 Å². The van der Waals surface area contributed by atoms with Crippen molar-refractivity contribution in [2.24, 2.45) is 0 Å². The maximum absolute atomic E-state index is 12.2. The van der Waals surface area contributed by atoms with Gasteiger partial charge in [0.05, 0.1) is 17.1 Å². The first kappa shape index (κ1) is 21.0. The third kappa shape index (κ3) is 6.73. The van der Waals surface area contributed by atoms with Crippen molar-refractivity contribution in [3.8, 4) is 0 Å². The molecule has 0 aliphatic carbocycles. The fourth-order valence-corrected chi connectivity index (χ4v) is 3.88. The summed E-state index contributed by atoms with van der Waals surface area (Å²) in [6.45, 7) is 1.39. The summed E-state index contributed by atoms with van der Waals surface area (Å²) in [4.78, 5) is 24.8. The molecule has 0 heterocycles. The smallest absolute Gasteiger partial charge is 0.307 e. The lowest BCUT2D eigenvalue weighted by molar-refractivity contribution is -0.146. The van der Waals surface area contributed by atoms with Crippen molar-refractivity contribution in [3.63, 3.8) is 0 Å². The molecule has 1 amide bonds. The number of rotatable bonds is 8. The van der Waals surface area contributed by atoms with Crippen LogP contribution in [0.25, 0.3) is 0 Å². The van der Waals surface area contributed by atoms with Gasteiger partial charge in [0, 0.05) is 10.6 Å². The highest BCUT2D eigenvalue weighted by Gasteiger charge is 2.17. The molecule has 6 nitrogen and oxygen atoms in total. The number of thioether (sulfide) groups is 1. The third-order valence-electron chi connectivity index (χ3n) is 3.67. The van der Waals surface area contributed by atoms with E-state index in [0.29, 0.717) is 5.69 Å². The third-order valence-corrected chi connectivity index (χ3v) is 6.13. The second-order valence-electron chi connectivity index (χ2n) is 5.82. The van der Waals surface area contributed by atoms with Crippen LogP contribution in [0.5, 0.6) is 0 Å². The molecule has 0 spiro atoms. The van der Waals surface area contributed by atoms with Crippen LogP contribution in [0.3, 0.4) is 0 Å². The van der Waals surface area contributed by atoms with Gasteiger partial charge in [-0.05, 0) is 43.5 Å². The molecule has 8 heteroatoms. The van der Waals surface area contributed by atoms with Crippen molar-refractivity contribution in [2.75, 3.05) is 23.9 Å². The van der Waals surface area contributed by atoms with E-state index in [1.807, 2.05) is 25.3 Å². The lowest BCUT2D eigenvalue weighted by Crippen LogP contribution is -2.22. The van der Waals surface area contributed by atoms with Gasteiger partial charge in [-0.2, -0.15) is 0 Å². The minimum Gasteiger partial charge on any atom is -0.456 e. The van der Waals surface area contributed by atoms with Crippen LogP contribution in [-0.2, 0) is 24.2 Å². The molecule has 0 unspecified atom stereocenters. The molecule has 1 N–H and O–H groups in total. The molecule has 2 rings (SSSR count). The molecule has 2 aromatic rings. The largest absolute Gasteiger partial charge is 0.456 e. The van der Waals surface area contributed by atoms with Crippen LogP contribution in [0.4, 0.5) is 5.69 Å². The second kappa shape index (κ2) is 9.57. The van der Waals surface area contributed by atoms with Crippen LogP contribution in [0, 0.1) is 6.92 Å². The molecule has 0 aliphatic heterocycles. The Hall–Kier alpha value is -2.32. The molecule has 27 heavy (non-hydrogen) atoms. The fourth-order valence-electron chi connectivity index (χ4n) is 2.20. The standard InChI is InChI=1S/C19H21NO5S2/c1-14-6-8-17(9-7-14)27(23,24)11-10-19(22)25-13-18(21)20-15-4-3-5-16(12-15)26-2/h3-9,12H,10-11,13H2,1-2H3,(H,20,21). The number of esters is 1. The lowest BCUT2D eigenvalue weighted by Gasteiger charge is -2.08. The van der Waals surface area contributed by atoms with E-state index in [2.05, 4.69) is 5.32 Å². The van der Waals surface area contributed by atoms with Crippen molar-refractivity contribution >= 4 is 39.2 Å². The first-order chi connectivity index (χ1) is 12.8. The van der Waals surface area contributed by atoms with Crippen LogP contribution in [0.1, 0.15) is 12.0 Å². The Morgan fingerprint density at radius 2 is 1.81 bits per heavy atom. The van der Waals surface area contributed by atoms with Crippen LogP contribution < -0.4 is 5.32 Å². The number of anilines is 1. The van der Waals surface area contributed by atoms with Gasteiger partial charge >= 0.3 is 5.97 Å². The molecular weight excluding hydrogens is 386 g/mol. The summed E-state index contributed by atoms with van der Waals surface area (Å²) in [6.07, 6.45) is 1.61. The quantitative estimate of drug-likeness (QED) is 0.534. The average molecular weight is 408 g/mol. The van der Waals surface area contributed by atoms with E-state index < -0.39 is 28.3 Å². The molecule has 144 valence electrons. The van der Waals surface area contributed by atoms with Crippen LogP contribution in [0.15, 0.2) is 58.3 Å². The van der Waals surface area contributed by atoms with Crippen molar-refractivity contribution in [2.45, 2.75) is 23.1 Å². The van der Waals surface area contributed by atoms with E-state index in [0.717, 1.165) is 10.5 Å². The summed E-state index contributed by atoms with van der Waals surface area (Å²) in [7, 11) is -3.57.